The van der Waals surface area contributed by atoms with E-state index in [-0.39, 0.29) is 11.2 Å². The Bertz CT molecular complexity index is 427. The molecule has 0 spiro atoms. The van der Waals surface area contributed by atoms with Crippen LogP contribution in [-0.2, 0) is 4.79 Å². The van der Waals surface area contributed by atoms with E-state index in [9.17, 15) is 14.4 Å². The number of nitrogens with one attached hydrogen (secondary N) is 2. The third-order valence-corrected chi connectivity index (χ3v) is 1.19. The molecule has 0 radical (unpaired) electrons. The number of carbonyl (C=O) groups is 1. The van der Waals surface area contributed by atoms with Crippen LogP contribution in [0.15, 0.2) is 21.7 Å². The number of hydrogen-bond donors (Lipinski definition) is 3. The summed E-state index contributed by atoms with van der Waals surface area (Å²) in [5.41, 5.74) is -1.09. The molecular weight excluding hydrogens is 192 g/mol. The Morgan fingerprint density at radius 3 is 2.50 bits per heavy atom. The van der Waals surface area contributed by atoms with Gasteiger partial charge in [0, 0.05) is 17.8 Å². The average molecular weight is 200 g/mol. The molecule has 7 heteroatoms. The van der Waals surface area contributed by atoms with E-state index in [1.807, 2.05) is 4.98 Å². The maximum absolute atomic E-state index is 10.7. The number of aromatic nitrogens is 2. The molecule has 7 nitrogen and oxygen atoms in total. The lowest BCUT2D eigenvalue weighted by Crippen LogP contribution is -2.21. The summed E-state index contributed by atoms with van der Waals surface area (Å²) in [7, 11) is 0. The fourth-order valence-corrected chi connectivity index (χ4v) is 0.738. The molecule has 0 saturated heterocycles. The van der Waals surface area contributed by atoms with Crippen LogP contribution in [0.3, 0.4) is 0 Å². The summed E-state index contributed by atoms with van der Waals surface area (Å²) in [5, 5.41) is 8.25. The van der Waals surface area contributed by atoms with Gasteiger partial charge in [-0.1, -0.05) is 0 Å². The third kappa shape index (κ3) is 3.50. The highest BCUT2D eigenvalue weighted by Gasteiger charge is 1.92. The minimum Gasteiger partial charge on any atom is -0.478 e. The maximum Gasteiger partial charge on any atom is 0.328 e. The SMILES string of the molecule is O.O=C(O)/C=C/c1cc(=O)[nH]c(=O)[nH]1. The first-order valence-corrected chi connectivity index (χ1v) is 3.32. The van der Waals surface area contributed by atoms with Gasteiger partial charge in [-0.3, -0.25) is 9.78 Å². The molecule has 76 valence electrons. The van der Waals surface area contributed by atoms with Crippen LogP contribution in [0.1, 0.15) is 5.69 Å². The first-order chi connectivity index (χ1) is 6.08. The van der Waals surface area contributed by atoms with Crippen LogP contribution >= 0.6 is 0 Å². The van der Waals surface area contributed by atoms with Gasteiger partial charge < -0.3 is 15.6 Å². The van der Waals surface area contributed by atoms with Crippen molar-refractivity contribution in [3.8, 4) is 0 Å². The van der Waals surface area contributed by atoms with Gasteiger partial charge in [-0.2, -0.15) is 0 Å². The molecule has 0 aromatic carbocycles. The zero-order chi connectivity index (χ0) is 9.84. The minimum absolute atomic E-state index is 0. The van der Waals surface area contributed by atoms with E-state index >= 15 is 0 Å². The number of carboxylic acid groups (broad SMARTS) is 1. The zero-order valence-corrected chi connectivity index (χ0v) is 6.90. The van der Waals surface area contributed by atoms with Gasteiger partial charge in [0.1, 0.15) is 0 Å². The topological polar surface area (TPSA) is 135 Å². The number of aromatic amines is 2. The monoisotopic (exact) mass is 200 g/mol. The van der Waals surface area contributed by atoms with Crippen molar-refractivity contribution in [1.82, 2.24) is 9.97 Å². The Hall–Kier alpha value is -2.15. The summed E-state index contributed by atoms with van der Waals surface area (Å²) in [5.74, 6) is -1.15. The highest BCUT2D eigenvalue weighted by molar-refractivity contribution is 5.84. The molecule has 0 saturated carbocycles. The molecule has 0 amide bonds. The summed E-state index contributed by atoms with van der Waals surface area (Å²) >= 11 is 0. The summed E-state index contributed by atoms with van der Waals surface area (Å²) in [6.45, 7) is 0. The molecule has 1 heterocycles. The van der Waals surface area contributed by atoms with Crippen LogP contribution < -0.4 is 11.2 Å². The summed E-state index contributed by atoms with van der Waals surface area (Å²) in [4.78, 5) is 35.6. The van der Waals surface area contributed by atoms with Crippen molar-refractivity contribution in [3.63, 3.8) is 0 Å². The average Bonchev–Trinajstić information content (AvgIpc) is 1.99. The van der Waals surface area contributed by atoms with Gasteiger partial charge in [-0.25, -0.2) is 9.59 Å². The number of aliphatic carboxylic acids is 1. The largest absolute Gasteiger partial charge is 0.478 e. The van der Waals surface area contributed by atoms with E-state index in [0.29, 0.717) is 0 Å². The van der Waals surface area contributed by atoms with E-state index < -0.39 is 17.2 Å². The van der Waals surface area contributed by atoms with Crippen molar-refractivity contribution in [2.24, 2.45) is 0 Å². The number of hydrogen-bond acceptors (Lipinski definition) is 3. The van der Waals surface area contributed by atoms with Crippen molar-refractivity contribution in [1.29, 1.82) is 0 Å². The van der Waals surface area contributed by atoms with Crippen molar-refractivity contribution < 1.29 is 15.4 Å². The van der Waals surface area contributed by atoms with Crippen LogP contribution in [0, 0.1) is 0 Å². The fraction of sp³-hybridized carbons (Fsp3) is 0. The van der Waals surface area contributed by atoms with Crippen LogP contribution in [-0.4, -0.2) is 26.5 Å². The minimum atomic E-state index is -1.15. The Kier molecular flexibility index (Phi) is 4.04. The highest BCUT2D eigenvalue weighted by atomic mass is 16.4. The van der Waals surface area contributed by atoms with Gasteiger partial charge in [-0.15, -0.1) is 0 Å². The normalized spacial score (nSPS) is 9.71. The molecule has 0 unspecified atom stereocenters. The van der Waals surface area contributed by atoms with Gasteiger partial charge in [0.25, 0.3) is 5.56 Å². The molecule has 0 atom stereocenters. The number of H-pyrrole nitrogens is 2. The Balaban J connectivity index is 0.00000169. The molecule has 5 N–H and O–H groups in total. The van der Waals surface area contributed by atoms with Crippen LogP contribution in [0.2, 0.25) is 0 Å². The fourth-order valence-electron chi connectivity index (χ4n) is 0.738. The molecule has 1 aromatic heterocycles. The Morgan fingerprint density at radius 1 is 1.36 bits per heavy atom. The maximum atomic E-state index is 10.7. The van der Waals surface area contributed by atoms with Crippen molar-refractivity contribution in [2.45, 2.75) is 0 Å². The zero-order valence-electron chi connectivity index (χ0n) is 6.90. The predicted octanol–water partition coefficient (Wildman–Crippen LogP) is -1.66. The van der Waals surface area contributed by atoms with Crippen LogP contribution in [0.5, 0.6) is 0 Å². The number of rotatable bonds is 2. The van der Waals surface area contributed by atoms with Crippen LogP contribution in [0.4, 0.5) is 0 Å². The molecular formula is C7H8N2O5. The lowest BCUT2D eigenvalue weighted by Gasteiger charge is -1.89. The van der Waals surface area contributed by atoms with E-state index in [1.165, 1.54) is 0 Å². The molecule has 0 aliphatic rings. The Labute approximate surface area is 77.0 Å². The summed E-state index contributed by atoms with van der Waals surface area (Å²) in [6.07, 6.45) is 1.95. The van der Waals surface area contributed by atoms with E-state index in [0.717, 1.165) is 18.2 Å². The molecule has 0 fully saturated rings. The van der Waals surface area contributed by atoms with Gasteiger partial charge in [0.2, 0.25) is 0 Å². The van der Waals surface area contributed by atoms with Crippen LogP contribution in [0.25, 0.3) is 6.08 Å². The van der Waals surface area contributed by atoms with Gasteiger partial charge >= 0.3 is 11.7 Å². The first kappa shape index (κ1) is 11.8. The van der Waals surface area contributed by atoms with E-state index in [2.05, 4.69) is 4.98 Å². The van der Waals surface area contributed by atoms with Gasteiger partial charge in [0.05, 0.1) is 0 Å². The summed E-state index contributed by atoms with van der Waals surface area (Å²) < 4.78 is 0. The van der Waals surface area contributed by atoms with Crippen molar-refractivity contribution in [2.75, 3.05) is 0 Å². The smallest absolute Gasteiger partial charge is 0.328 e. The van der Waals surface area contributed by atoms with E-state index in [1.54, 1.807) is 0 Å². The predicted molar refractivity (Wildman–Crippen MR) is 48.0 cm³/mol. The number of carboxylic acids is 1. The summed E-state index contributed by atoms with van der Waals surface area (Å²) in [6, 6.07) is 1.08. The van der Waals surface area contributed by atoms with Gasteiger partial charge in [0.15, 0.2) is 0 Å². The second-order valence-electron chi connectivity index (χ2n) is 2.21. The molecule has 1 aromatic rings. The quantitative estimate of drug-likeness (QED) is 0.492. The second kappa shape index (κ2) is 4.77. The Morgan fingerprint density at radius 2 is 2.00 bits per heavy atom. The lowest BCUT2D eigenvalue weighted by atomic mass is 10.3. The van der Waals surface area contributed by atoms with Gasteiger partial charge in [-0.05, 0) is 6.08 Å². The lowest BCUT2D eigenvalue weighted by molar-refractivity contribution is -0.131. The molecule has 0 aliphatic heterocycles. The molecule has 14 heavy (non-hydrogen) atoms. The standard InChI is InChI=1S/C7H6N2O4.H2O/c10-5-3-4(1-2-6(11)12)8-7(13)9-5;/h1-3H,(H,11,12)(H2,8,9,10,13);1H2/b2-1+;. The highest BCUT2D eigenvalue weighted by Crippen LogP contribution is 1.88. The molecule has 0 bridgehead atoms. The van der Waals surface area contributed by atoms with E-state index in [4.69, 9.17) is 5.11 Å². The molecule has 0 aliphatic carbocycles. The van der Waals surface area contributed by atoms with Crippen molar-refractivity contribution >= 4 is 12.0 Å². The first-order valence-electron chi connectivity index (χ1n) is 3.32. The third-order valence-electron chi connectivity index (χ3n) is 1.19. The molecule has 1 rings (SSSR count). The second-order valence-corrected chi connectivity index (χ2v) is 2.21. The van der Waals surface area contributed by atoms with Crippen molar-refractivity contribution in [3.05, 3.63) is 38.7 Å².